The van der Waals surface area contributed by atoms with E-state index in [1.165, 1.54) is 0 Å². The standard InChI is InChI=1S/C19H27N5O2/c1-3-10-23-14-21-22-18(23)17-9-4-5-11-24(17)19(25)20-13-15-7-6-8-16(12-15)26-2/h6-8,12,14,17H,3-5,9-11,13H2,1-2H3,(H,20,25). The number of ether oxygens (including phenoxy) is 1. The van der Waals surface area contributed by atoms with E-state index in [0.717, 1.165) is 55.9 Å². The molecule has 1 aliphatic heterocycles. The highest BCUT2D eigenvalue weighted by molar-refractivity contribution is 5.74. The number of amides is 2. The molecule has 0 saturated carbocycles. The quantitative estimate of drug-likeness (QED) is 0.862. The monoisotopic (exact) mass is 357 g/mol. The van der Waals surface area contributed by atoms with E-state index in [4.69, 9.17) is 4.74 Å². The van der Waals surface area contributed by atoms with Gasteiger partial charge < -0.3 is 19.5 Å². The van der Waals surface area contributed by atoms with Crippen molar-refractivity contribution in [3.63, 3.8) is 0 Å². The van der Waals surface area contributed by atoms with Gasteiger partial charge in [-0.3, -0.25) is 0 Å². The van der Waals surface area contributed by atoms with Crippen LogP contribution in [-0.4, -0.2) is 39.4 Å². The van der Waals surface area contributed by atoms with Gasteiger partial charge in [0, 0.05) is 19.6 Å². The lowest BCUT2D eigenvalue weighted by Gasteiger charge is -2.35. The average molecular weight is 357 g/mol. The van der Waals surface area contributed by atoms with Crippen molar-refractivity contribution in [2.24, 2.45) is 0 Å². The number of benzene rings is 1. The molecular weight excluding hydrogens is 330 g/mol. The van der Waals surface area contributed by atoms with E-state index in [9.17, 15) is 4.79 Å². The van der Waals surface area contributed by atoms with Gasteiger partial charge in [0.1, 0.15) is 12.1 Å². The Morgan fingerprint density at radius 3 is 3.08 bits per heavy atom. The van der Waals surface area contributed by atoms with Gasteiger partial charge in [0.15, 0.2) is 5.82 Å². The second-order valence-electron chi connectivity index (χ2n) is 6.60. The zero-order chi connectivity index (χ0) is 18.4. The van der Waals surface area contributed by atoms with Gasteiger partial charge in [-0.05, 0) is 43.4 Å². The molecule has 7 heteroatoms. The van der Waals surface area contributed by atoms with E-state index in [-0.39, 0.29) is 12.1 Å². The summed E-state index contributed by atoms with van der Waals surface area (Å²) in [4.78, 5) is 14.7. The summed E-state index contributed by atoms with van der Waals surface area (Å²) in [6.07, 6.45) is 5.82. The molecule has 1 atom stereocenters. The summed E-state index contributed by atoms with van der Waals surface area (Å²) in [5.74, 6) is 1.68. The van der Waals surface area contributed by atoms with E-state index < -0.39 is 0 Å². The second-order valence-corrected chi connectivity index (χ2v) is 6.60. The van der Waals surface area contributed by atoms with Gasteiger partial charge in [0.2, 0.25) is 0 Å². The summed E-state index contributed by atoms with van der Waals surface area (Å²) < 4.78 is 7.31. The minimum Gasteiger partial charge on any atom is -0.497 e. The smallest absolute Gasteiger partial charge is 0.318 e. The van der Waals surface area contributed by atoms with Crippen molar-refractivity contribution in [2.75, 3.05) is 13.7 Å². The summed E-state index contributed by atoms with van der Waals surface area (Å²) in [5, 5.41) is 11.4. The van der Waals surface area contributed by atoms with E-state index in [0.29, 0.717) is 6.54 Å². The van der Waals surface area contributed by atoms with Crippen LogP contribution < -0.4 is 10.1 Å². The topological polar surface area (TPSA) is 72.3 Å². The molecule has 0 bridgehead atoms. The number of methoxy groups -OCH3 is 1. The van der Waals surface area contributed by atoms with Gasteiger partial charge in [-0.15, -0.1) is 10.2 Å². The molecule has 2 heterocycles. The number of nitrogens with one attached hydrogen (secondary N) is 1. The molecule has 26 heavy (non-hydrogen) atoms. The van der Waals surface area contributed by atoms with E-state index in [1.807, 2.05) is 29.2 Å². The van der Waals surface area contributed by atoms with Gasteiger partial charge in [0.25, 0.3) is 0 Å². The number of hydrogen-bond donors (Lipinski definition) is 1. The lowest BCUT2D eigenvalue weighted by Crippen LogP contribution is -2.45. The van der Waals surface area contributed by atoms with E-state index in [2.05, 4.69) is 27.0 Å². The summed E-state index contributed by atoms with van der Waals surface area (Å²) >= 11 is 0. The predicted molar refractivity (Wildman–Crippen MR) is 98.8 cm³/mol. The largest absolute Gasteiger partial charge is 0.497 e. The Hall–Kier alpha value is -2.57. The Balaban J connectivity index is 1.68. The van der Waals surface area contributed by atoms with Crippen molar-refractivity contribution < 1.29 is 9.53 Å². The van der Waals surface area contributed by atoms with E-state index >= 15 is 0 Å². The van der Waals surface area contributed by atoms with E-state index in [1.54, 1.807) is 13.4 Å². The molecule has 0 radical (unpaired) electrons. The second kappa shape index (κ2) is 8.69. The zero-order valence-electron chi connectivity index (χ0n) is 15.5. The van der Waals surface area contributed by atoms with Gasteiger partial charge in [-0.1, -0.05) is 19.1 Å². The number of carbonyl (C=O) groups is 1. The fourth-order valence-electron chi connectivity index (χ4n) is 3.44. The number of carbonyl (C=O) groups excluding carboxylic acids is 1. The fraction of sp³-hybridized carbons (Fsp3) is 0.526. The first kappa shape index (κ1) is 18.2. The Bertz CT molecular complexity index is 730. The van der Waals surface area contributed by atoms with Crippen LogP contribution in [0, 0.1) is 0 Å². The molecule has 1 aromatic heterocycles. The zero-order valence-corrected chi connectivity index (χ0v) is 15.5. The minimum absolute atomic E-state index is 0.0110. The number of urea groups is 1. The number of aromatic nitrogens is 3. The molecule has 1 saturated heterocycles. The number of nitrogens with zero attached hydrogens (tertiary/aromatic N) is 4. The fourth-order valence-corrected chi connectivity index (χ4v) is 3.44. The van der Waals surface area contributed by atoms with Crippen molar-refractivity contribution in [3.05, 3.63) is 42.0 Å². The van der Waals surface area contributed by atoms with Crippen LogP contribution >= 0.6 is 0 Å². The summed E-state index contributed by atoms with van der Waals surface area (Å²) in [6, 6.07) is 7.68. The lowest BCUT2D eigenvalue weighted by molar-refractivity contribution is 0.145. The SMILES string of the molecule is CCCn1cnnc1C1CCCCN1C(=O)NCc1cccc(OC)c1. The van der Waals surface area contributed by atoms with Crippen LogP contribution in [0.25, 0.3) is 0 Å². The summed E-state index contributed by atoms with van der Waals surface area (Å²) in [7, 11) is 1.64. The molecule has 140 valence electrons. The molecule has 2 aromatic rings. The molecular formula is C19H27N5O2. The van der Waals surface area contributed by atoms with Crippen LogP contribution in [0.2, 0.25) is 0 Å². The van der Waals surface area contributed by atoms with Crippen molar-refractivity contribution in [2.45, 2.75) is 51.7 Å². The summed E-state index contributed by atoms with van der Waals surface area (Å²) in [5.41, 5.74) is 1.01. The van der Waals surface area contributed by atoms with Crippen molar-refractivity contribution in [1.29, 1.82) is 0 Å². The molecule has 2 amide bonds. The normalized spacial score (nSPS) is 17.2. The number of rotatable bonds is 6. The van der Waals surface area contributed by atoms with Crippen molar-refractivity contribution in [1.82, 2.24) is 25.0 Å². The third-order valence-electron chi connectivity index (χ3n) is 4.75. The van der Waals surface area contributed by atoms with Crippen LogP contribution in [0.4, 0.5) is 4.79 Å². The first-order valence-electron chi connectivity index (χ1n) is 9.28. The van der Waals surface area contributed by atoms with Crippen LogP contribution in [-0.2, 0) is 13.1 Å². The van der Waals surface area contributed by atoms with Crippen LogP contribution in [0.5, 0.6) is 5.75 Å². The van der Waals surface area contributed by atoms with Crippen LogP contribution in [0.15, 0.2) is 30.6 Å². The van der Waals surface area contributed by atoms with Gasteiger partial charge in [-0.25, -0.2) is 4.79 Å². The molecule has 1 fully saturated rings. The van der Waals surface area contributed by atoms with Gasteiger partial charge in [0.05, 0.1) is 13.2 Å². The van der Waals surface area contributed by atoms with Crippen molar-refractivity contribution >= 4 is 6.03 Å². The molecule has 1 aliphatic rings. The summed E-state index contributed by atoms with van der Waals surface area (Å²) in [6.45, 7) is 4.22. The van der Waals surface area contributed by atoms with Crippen molar-refractivity contribution in [3.8, 4) is 5.75 Å². The Morgan fingerprint density at radius 2 is 2.27 bits per heavy atom. The maximum absolute atomic E-state index is 12.8. The number of likely N-dealkylation sites (tertiary alicyclic amines) is 1. The molecule has 1 unspecified atom stereocenters. The molecule has 1 aromatic carbocycles. The highest BCUT2D eigenvalue weighted by Gasteiger charge is 2.31. The third kappa shape index (κ3) is 4.15. The Morgan fingerprint density at radius 1 is 1.38 bits per heavy atom. The van der Waals surface area contributed by atoms with Crippen LogP contribution in [0.1, 0.15) is 50.0 Å². The predicted octanol–water partition coefficient (Wildman–Crippen LogP) is 3.13. The molecule has 0 spiro atoms. The Labute approximate surface area is 154 Å². The highest BCUT2D eigenvalue weighted by Crippen LogP contribution is 2.29. The van der Waals surface area contributed by atoms with Gasteiger partial charge in [-0.2, -0.15) is 0 Å². The van der Waals surface area contributed by atoms with Crippen LogP contribution in [0.3, 0.4) is 0 Å². The maximum atomic E-state index is 12.8. The third-order valence-corrected chi connectivity index (χ3v) is 4.75. The lowest BCUT2D eigenvalue weighted by atomic mass is 10.0. The molecule has 0 aliphatic carbocycles. The Kier molecular flexibility index (Phi) is 6.09. The minimum atomic E-state index is -0.0523. The van der Waals surface area contributed by atoms with Gasteiger partial charge >= 0.3 is 6.03 Å². The first-order valence-corrected chi connectivity index (χ1v) is 9.28. The average Bonchev–Trinajstić information content (AvgIpc) is 3.14. The molecule has 7 nitrogen and oxygen atoms in total. The molecule has 3 rings (SSSR count). The number of aryl methyl sites for hydroxylation is 1. The molecule has 1 N–H and O–H groups in total. The number of hydrogen-bond acceptors (Lipinski definition) is 4. The highest BCUT2D eigenvalue weighted by atomic mass is 16.5. The first-order chi connectivity index (χ1) is 12.7. The number of piperidine rings is 1. The maximum Gasteiger partial charge on any atom is 0.318 e.